The fourth-order valence-electron chi connectivity index (χ4n) is 12.1. The van der Waals surface area contributed by atoms with Crippen molar-refractivity contribution in [1.29, 1.82) is 0 Å². The van der Waals surface area contributed by atoms with Gasteiger partial charge in [-0.05, 0) is 70.6 Å². The van der Waals surface area contributed by atoms with Crippen molar-refractivity contribution < 1.29 is 32.9 Å². The van der Waals surface area contributed by atoms with Gasteiger partial charge in [0.2, 0.25) is 5.91 Å². The first-order valence-corrected chi connectivity index (χ1v) is 41.0. The molecule has 0 saturated carbocycles. The van der Waals surface area contributed by atoms with E-state index < -0.39 is 26.6 Å². The molecule has 89 heavy (non-hydrogen) atoms. The third kappa shape index (κ3) is 73.7. The lowest BCUT2D eigenvalue weighted by Crippen LogP contribution is -2.45. The maximum Gasteiger partial charge on any atom is 0.268 e. The normalized spacial score (nSPS) is 13.7. The molecule has 0 aliphatic rings. The SMILES string of the molecule is CCCCCCCCCC/C=C\CCCCCCCCCCCCCCCCCCCCCCCCCCCC(=O)NC(COP(=O)([O-])OCC[N+](C)(C)C)C(O)/C=C/CC/C=C/CC/C=C/CCCCCCCCCCCCCCCCCCCCCC. The van der Waals surface area contributed by atoms with Gasteiger partial charge in [-0.3, -0.25) is 9.36 Å². The number of aliphatic hydroxyl groups is 1. The van der Waals surface area contributed by atoms with Crippen molar-refractivity contribution in [2.75, 3.05) is 40.9 Å². The lowest BCUT2D eigenvalue weighted by atomic mass is 10.0. The molecule has 2 N–H and O–H groups in total. The quantitative estimate of drug-likeness (QED) is 0.0272. The molecule has 0 aromatic heterocycles. The van der Waals surface area contributed by atoms with E-state index in [4.69, 9.17) is 9.05 Å². The molecule has 3 unspecified atom stereocenters. The van der Waals surface area contributed by atoms with Crippen LogP contribution in [-0.4, -0.2) is 68.5 Å². The highest BCUT2D eigenvalue weighted by molar-refractivity contribution is 7.45. The number of allylic oxidation sites excluding steroid dienone is 7. The van der Waals surface area contributed by atoms with E-state index in [0.717, 1.165) is 44.9 Å². The number of phosphoric acid groups is 1. The molecule has 9 heteroatoms. The highest BCUT2D eigenvalue weighted by Gasteiger charge is 2.23. The van der Waals surface area contributed by atoms with Gasteiger partial charge in [-0.15, -0.1) is 0 Å². The van der Waals surface area contributed by atoms with Crippen LogP contribution in [0.3, 0.4) is 0 Å². The van der Waals surface area contributed by atoms with Gasteiger partial charge in [0.25, 0.3) is 7.82 Å². The highest BCUT2D eigenvalue weighted by atomic mass is 31.2. The largest absolute Gasteiger partial charge is 0.756 e. The molecule has 0 aromatic rings. The molecule has 0 radical (unpaired) electrons. The number of hydrogen-bond acceptors (Lipinski definition) is 6. The Morgan fingerprint density at radius 2 is 0.629 bits per heavy atom. The molecule has 3 atom stereocenters. The van der Waals surface area contributed by atoms with Crippen molar-refractivity contribution in [2.24, 2.45) is 0 Å². The maximum atomic E-state index is 13.1. The lowest BCUT2D eigenvalue weighted by Gasteiger charge is -2.29. The van der Waals surface area contributed by atoms with E-state index in [-0.39, 0.29) is 12.5 Å². The zero-order valence-electron chi connectivity index (χ0n) is 60.4. The lowest BCUT2D eigenvalue weighted by molar-refractivity contribution is -0.870. The second-order valence-electron chi connectivity index (χ2n) is 28.4. The number of quaternary nitrogens is 1. The van der Waals surface area contributed by atoms with Gasteiger partial charge in [-0.2, -0.15) is 0 Å². The van der Waals surface area contributed by atoms with Crippen molar-refractivity contribution in [3.8, 4) is 0 Å². The summed E-state index contributed by atoms with van der Waals surface area (Å²) in [5, 5.41) is 14.0. The van der Waals surface area contributed by atoms with E-state index in [1.165, 1.54) is 340 Å². The number of unbranched alkanes of at least 4 members (excludes halogenated alkanes) is 55. The Morgan fingerprint density at radius 1 is 0.382 bits per heavy atom. The molecule has 0 aliphatic carbocycles. The predicted octanol–water partition coefficient (Wildman–Crippen LogP) is 25.1. The summed E-state index contributed by atoms with van der Waals surface area (Å²) in [4.78, 5) is 25.7. The summed E-state index contributed by atoms with van der Waals surface area (Å²) in [7, 11) is 1.25. The number of amides is 1. The summed E-state index contributed by atoms with van der Waals surface area (Å²) >= 11 is 0. The molecular weight excluding hydrogens is 1120 g/mol. The molecule has 0 spiro atoms. The summed E-state index contributed by atoms with van der Waals surface area (Å²) in [6.07, 6.45) is 97.2. The van der Waals surface area contributed by atoms with Crippen molar-refractivity contribution in [2.45, 2.75) is 418 Å². The Hall–Kier alpha value is -1.54. The first-order chi connectivity index (χ1) is 43.5. The van der Waals surface area contributed by atoms with Gasteiger partial charge in [-0.25, -0.2) is 0 Å². The molecule has 0 aliphatic heterocycles. The van der Waals surface area contributed by atoms with E-state index in [1.807, 2.05) is 27.2 Å². The van der Waals surface area contributed by atoms with Crippen LogP contribution in [0.5, 0.6) is 0 Å². The van der Waals surface area contributed by atoms with Crippen molar-refractivity contribution >= 4 is 13.7 Å². The van der Waals surface area contributed by atoms with Gasteiger partial charge in [-0.1, -0.05) is 377 Å². The molecule has 0 fully saturated rings. The van der Waals surface area contributed by atoms with Gasteiger partial charge < -0.3 is 28.8 Å². The second-order valence-corrected chi connectivity index (χ2v) is 29.8. The van der Waals surface area contributed by atoms with Crippen LogP contribution >= 0.6 is 7.82 Å². The molecular formula is C80H155N2O6P. The third-order valence-electron chi connectivity index (χ3n) is 18.2. The summed E-state index contributed by atoms with van der Waals surface area (Å²) in [5.41, 5.74) is 0. The summed E-state index contributed by atoms with van der Waals surface area (Å²) in [5.74, 6) is -0.203. The molecule has 0 rings (SSSR count). The summed E-state index contributed by atoms with van der Waals surface area (Å²) in [6, 6.07) is -0.911. The number of nitrogens with one attached hydrogen (secondary N) is 1. The van der Waals surface area contributed by atoms with Crippen molar-refractivity contribution in [3.05, 3.63) is 48.6 Å². The van der Waals surface area contributed by atoms with E-state index >= 15 is 0 Å². The van der Waals surface area contributed by atoms with Gasteiger partial charge in [0.1, 0.15) is 13.2 Å². The molecule has 8 nitrogen and oxygen atoms in total. The number of likely N-dealkylation sites (N-methyl/N-ethyl adjacent to an activating group) is 1. The van der Waals surface area contributed by atoms with Crippen LogP contribution in [0.15, 0.2) is 48.6 Å². The Labute approximate surface area is 556 Å². The Morgan fingerprint density at radius 3 is 0.910 bits per heavy atom. The van der Waals surface area contributed by atoms with Crippen molar-refractivity contribution in [3.63, 3.8) is 0 Å². The van der Waals surface area contributed by atoms with Gasteiger partial charge in [0, 0.05) is 6.42 Å². The minimum atomic E-state index is -4.62. The first-order valence-electron chi connectivity index (χ1n) is 39.5. The monoisotopic (exact) mass is 1270 g/mol. The number of carbonyl (C=O) groups excluding carboxylic acids is 1. The van der Waals surface area contributed by atoms with E-state index in [2.05, 4.69) is 55.6 Å². The number of aliphatic hydroxyl groups excluding tert-OH is 1. The number of rotatable bonds is 74. The predicted molar refractivity (Wildman–Crippen MR) is 390 cm³/mol. The Kier molecular flexibility index (Phi) is 69.5. The summed E-state index contributed by atoms with van der Waals surface area (Å²) in [6.45, 7) is 4.68. The molecule has 0 heterocycles. The minimum Gasteiger partial charge on any atom is -0.756 e. The van der Waals surface area contributed by atoms with Crippen molar-refractivity contribution in [1.82, 2.24) is 5.32 Å². The molecule has 1 amide bonds. The van der Waals surface area contributed by atoms with E-state index in [9.17, 15) is 19.4 Å². The van der Waals surface area contributed by atoms with E-state index in [1.54, 1.807) is 6.08 Å². The topological polar surface area (TPSA) is 108 Å². The van der Waals surface area contributed by atoms with Crippen LogP contribution in [0.4, 0.5) is 0 Å². The molecule has 0 saturated heterocycles. The maximum absolute atomic E-state index is 13.1. The van der Waals surface area contributed by atoms with Crippen LogP contribution in [-0.2, 0) is 18.4 Å². The van der Waals surface area contributed by atoms with Crippen LogP contribution in [0.2, 0.25) is 0 Å². The van der Waals surface area contributed by atoms with Gasteiger partial charge >= 0.3 is 0 Å². The minimum absolute atomic E-state index is 0.00769. The average Bonchev–Trinajstić information content (AvgIpc) is 3.57. The standard InChI is InChI=1S/C80H155N2O6P/c1-6-8-10-12-14-16-18-20-22-24-26-28-30-32-34-36-38-39-40-41-42-43-44-46-48-50-52-54-56-58-60-62-64-66-68-70-72-74-80(84)81-78(77-88-89(85,86)87-76-75-82(3,4)5)79(83)73-71-69-67-65-63-61-59-57-55-53-51-49-47-45-37-35-33-31-29-27-25-23-21-19-17-15-13-11-9-7-2/h24,26,55,57,63,65,71,73,78-79,83H,6-23,25,27-54,56,58-62,64,66-70,72,74-77H2,1-5H3,(H-,81,84,85,86)/b26-24-,57-55+,65-63+,73-71+. The molecule has 0 bridgehead atoms. The van der Waals surface area contributed by atoms with Crippen LogP contribution in [0.25, 0.3) is 0 Å². The van der Waals surface area contributed by atoms with Crippen LogP contribution in [0, 0.1) is 0 Å². The van der Waals surface area contributed by atoms with Gasteiger partial charge in [0.05, 0.1) is 39.9 Å². The average molecular weight is 1270 g/mol. The number of nitrogens with zero attached hydrogens (tertiary/aromatic N) is 1. The number of hydrogen-bond donors (Lipinski definition) is 2. The number of phosphoric ester groups is 1. The Bertz CT molecular complexity index is 1590. The Balaban J connectivity index is 4.00. The van der Waals surface area contributed by atoms with Crippen LogP contribution in [0.1, 0.15) is 406 Å². The first kappa shape index (κ1) is 87.5. The second kappa shape index (κ2) is 70.8. The number of carbonyl (C=O) groups is 1. The third-order valence-corrected chi connectivity index (χ3v) is 19.2. The van der Waals surface area contributed by atoms with Gasteiger partial charge in [0.15, 0.2) is 0 Å². The highest BCUT2D eigenvalue weighted by Crippen LogP contribution is 2.38. The molecule has 0 aromatic carbocycles. The fourth-order valence-corrected chi connectivity index (χ4v) is 12.9. The van der Waals surface area contributed by atoms with E-state index in [0.29, 0.717) is 17.4 Å². The zero-order valence-corrected chi connectivity index (χ0v) is 61.3. The molecule has 526 valence electrons. The summed E-state index contributed by atoms with van der Waals surface area (Å²) < 4.78 is 23.5. The zero-order chi connectivity index (χ0) is 64.8. The van der Waals surface area contributed by atoms with Crippen LogP contribution < -0.4 is 10.2 Å². The fraction of sp³-hybridized carbons (Fsp3) is 0.887. The smallest absolute Gasteiger partial charge is 0.268 e.